The van der Waals surface area contributed by atoms with E-state index in [-0.39, 0.29) is 6.54 Å². The Morgan fingerprint density at radius 1 is 1.03 bits per heavy atom. The Labute approximate surface area is 173 Å². The van der Waals surface area contributed by atoms with Crippen LogP contribution in [0.1, 0.15) is 54.0 Å². The molecule has 1 aromatic carbocycles. The molecule has 0 heterocycles. The SMILES string of the molecule is CCNC(=NC)Nc1cccc(CN(C(=O)OC(C)(C)C)C(=O)OC(C)(C)C)c1. The summed E-state index contributed by atoms with van der Waals surface area (Å²) in [6, 6.07) is 7.36. The van der Waals surface area contributed by atoms with Crippen LogP contribution in [-0.4, -0.2) is 47.8 Å². The Morgan fingerprint density at radius 2 is 1.59 bits per heavy atom. The summed E-state index contributed by atoms with van der Waals surface area (Å²) in [6.07, 6.45) is -1.51. The van der Waals surface area contributed by atoms with E-state index in [9.17, 15) is 9.59 Å². The summed E-state index contributed by atoms with van der Waals surface area (Å²) in [5.41, 5.74) is 0.0361. The van der Waals surface area contributed by atoms with Crippen LogP contribution in [0.15, 0.2) is 29.3 Å². The summed E-state index contributed by atoms with van der Waals surface area (Å²) in [7, 11) is 1.68. The maximum atomic E-state index is 12.6. The average Bonchev–Trinajstić information content (AvgIpc) is 2.56. The number of nitrogens with one attached hydrogen (secondary N) is 2. The lowest BCUT2D eigenvalue weighted by Crippen LogP contribution is -2.43. The molecule has 8 heteroatoms. The monoisotopic (exact) mass is 406 g/mol. The fraction of sp³-hybridized carbons (Fsp3) is 0.571. The van der Waals surface area contributed by atoms with E-state index in [1.165, 1.54) is 0 Å². The molecule has 2 N–H and O–H groups in total. The normalized spacial score (nSPS) is 12.2. The van der Waals surface area contributed by atoms with Crippen molar-refractivity contribution in [1.29, 1.82) is 0 Å². The van der Waals surface area contributed by atoms with E-state index < -0.39 is 23.4 Å². The topological polar surface area (TPSA) is 92.3 Å². The molecule has 0 fully saturated rings. The molecular formula is C21H34N4O4. The molecule has 0 radical (unpaired) electrons. The summed E-state index contributed by atoms with van der Waals surface area (Å²) in [5.74, 6) is 0.626. The minimum atomic E-state index is -0.756. The van der Waals surface area contributed by atoms with Crippen LogP contribution in [0.5, 0.6) is 0 Å². The summed E-state index contributed by atoms with van der Waals surface area (Å²) in [4.78, 5) is 30.4. The van der Waals surface area contributed by atoms with E-state index in [0.717, 1.165) is 22.7 Å². The van der Waals surface area contributed by atoms with E-state index in [1.54, 1.807) is 48.6 Å². The Hall–Kier alpha value is -2.77. The predicted octanol–water partition coefficient (Wildman–Crippen LogP) is 4.37. The van der Waals surface area contributed by atoms with Crippen molar-refractivity contribution in [2.75, 3.05) is 18.9 Å². The van der Waals surface area contributed by atoms with Crippen LogP contribution in [0, 0.1) is 0 Å². The Morgan fingerprint density at radius 3 is 2.03 bits per heavy atom. The number of carbonyl (C=O) groups is 2. The summed E-state index contributed by atoms with van der Waals surface area (Å²) in [5, 5.41) is 6.28. The lowest BCUT2D eigenvalue weighted by molar-refractivity contribution is -0.000247. The van der Waals surface area contributed by atoms with Crippen molar-refractivity contribution in [1.82, 2.24) is 10.2 Å². The van der Waals surface area contributed by atoms with Gasteiger partial charge in [-0.1, -0.05) is 12.1 Å². The number of aliphatic imine (C=N–C) groups is 1. The summed E-state index contributed by atoms with van der Waals surface area (Å²) in [6.45, 7) is 13.2. The van der Waals surface area contributed by atoms with Crippen molar-refractivity contribution in [2.45, 2.75) is 66.2 Å². The minimum absolute atomic E-state index is 0.0130. The number of hydrogen-bond acceptors (Lipinski definition) is 5. The third-order valence-electron chi connectivity index (χ3n) is 3.33. The second-order valence-corrected chi connectivity index (χ2v) is 8.47. The fourth-order valence-electron chi connectivity index (χ4n) is 2.25. The lowest BCUT2D eigenvalue weighted by Gasteiger charge is -2.28. The van der Waals surface area contributed by atoms with Gasteiger partial charge in [0.1, 0.15) is 11.2 Å². The van der Waals surface area contributed by atoms with E-state index in [1.807, 2.05) is 31.2 Å². The van der Waals surface area contributed by atoms with E-state index in [0.29, 0.717) is 5.96 Å². The van der Waals surface area contributed by atoms with Gasteiger partial charge in [0.15, 0.2) is 5.96 Å². The third kappa shape index (κ3) is 9.32. The van der Waals surface area contributed by atoms with Crippen LogP contribution in [0.25, 0.3) is 0 Å². The number of hydrogen-bond donors (Lipinski definition) is 2. The number of imide groups is 1. The first-order valence-electron chi connectivity index (χ1n) is 9.64. The number of benzene rings is 1. The van der Waals surface area contributed by atoms with Gasteiger partial charge in [-0.25, -0.2) is 14.5 Å². The highest BCUT2D eigenvalue weighted by molar-refractivity contribution is 5.93. The van der Waals surface area contributed by atoms with Crippen LogP contribution in [0.4, 0.5) is 15.3 Å². The van der Waals surface area contributed by atoms with E-state index >= 15 is 0 Å². The molecule has 0 saturated carbocycles. The zero-order valence-electron chi connectivity index (χ0n) is 18.8. The van der Waals surface area contributed by atoms with Crippen molar-refractivity contribution in [3.63, 3.8) is 0 Å². The van der Waals surface area contributed by atoms with Gasteiger partial charge in [0.25, 0.3) is 0 Å². The van der Waals surface area contributed by atoms with Crippen LogP contribution in [-0.2, 0) is 16.0 Å². The highest BCUT2D eigenvalue weighted by Gasteiger charge is 2.31. The Balaban J connectivity index is 3.07. The van der Waals surface area contributed by atoms with Gasteiger partial charge in [-0.2, -0.15) is 0 Å². The van der Waals surface area contributed by atoms with Crippen LogP contribution >= 0.6 is 0 Å². The number of nitrogens with zero attached hydrogens (tertiary/aromatic N) is 2. The molecule has 162 valence electrons. The minimum Gasteiger partial charge on any atom is -0.443 e. The lowest BCUT2D eigenvalue weighted by atomic mass is 10.2. The van der Waals surface area contributed by atoms with Crippen molar-refractivity contribution in [3.05, 3.63) is 29.8 Å². The summed E-state index contributed by atoms with van der Waals surface area (Å²) >= 11 is 0. The summed E-state index contributed by atoms with van der Waals surface area (Å²) < 4.78 is 10.8. The first-order chi connectivity index (χ1) is 13.3. The molecule has 1 rings (SSSR count). The zero-order chi connectivity index (χ0) is 22.2. The van der Waals surface area contributed by atoms with Gasteiger partial charge in [-0.15, -0.1) is 0 Å². The molecule has 0 saturated heterocycles. The van der Waals surface area contributed by atoms with Gasteiger partial charge in [-0.05, 0) is 66.2 Å². The number of rotatable bonds is 4. The predicted molar refractivity (Wildman–Crippen MR) is 115 cm³/mol. The molecular weight excluding hydrogens is 372 g/mol. The number of amides is 2. The number of carbonyl (C=O) groups excluding carboxylic acids is 2. The largest absolute Gasteiger partial charge is 0.443 e. The number of ether oxygens (including phenoxy) is 2. The van der Waals surface area contributed by atoms with Crippen molar-refractivity contribution >= 4 is 23.8 Å². The molecule has 0 aromatic heterocycles. The molecule has 8 nitrogen and oxygen atoms in total. The molecule has 0 aliphatic carbocycles. The molecule has 0 aliphatic rings. The van der Waals surface area contributed by atoms with Crippen molar-refractivity contribution < 1.29 is 19.1 Å². The highest BCUT2D eigenvalue weighted by Crippen LogP contribution is 2.18. The molecule has 2 amide bonds. The van der Waals surface area contributed by atoms with Crippen molar-refractivity contribution in [3.8, 4) is 0 Å². The van der Waals surface area contributed by atoms with Gasteiger partial charge >= 0.3 is 12.2 Å². The quantitative estimate of drug-likeness (QED) is 0.570. The zero-order valence-corrected chi connectivity index (χ0v) is 18.8. The van der Waals surface area contributed by atoms with Gasteiger partial charge < -0.3 is 20.1 Å². The average molecular weight is 407 g/mol. The molecule has 29 heavy (non-hydrogen) atoms. The highest BCUT2D eigenvalue weighted by atomic mass is 16.6. The molecule has 0 unspecified atom stereocenters. The molecule has 0 bridgehead atoms. The van der Waals surface area contributed by atoms with E-state index in [4.69, 9.17) is 9.47 Å². The van der Waals surface area contributed by atoms with Gasteiger partial charge in [0.05, 0.1) is 6.54 Å². The van der Waals surface area contributed by atoms with Gasteiger partial charge in [0.2, 0.25) is 0 Å². The van der Waals surface area contributed by atoms with Crippen LogP contribution in [0.3, 0.4) is 0 Å². The first kappa shape index (κ1) is 24.3. The Bertz CT molecular complexity index is 705. The number of anilines is 1. The first-order valence-corrected chi connectivity index (χ1v) is 9.64. The van der Waals surface area contributed by atoms with Crippen LogP contribution in [0.2, 0.25) is 0 Å². The Kier molecular flexibility index (Phi) is 8.48. The molecule has 0 spiro atoms. The smallest absolute Gasteiger partial charge is 0.420 e. The standard InChI is InChI=1S/C21H34N4O4/c1-9-23-17(22-8)24-16-12-10-11-15(13-16)14-25(18(26)28-20(2,3)4)19(27)29-21(5,6)7/h10-13H,9,14H2,1-8H3,(H2,22,23,24). The van der Waals surface area contributed by atoms with E-state index in [2.05, 4.69) is 15.6 Å². The molecule has 0 atom stereocenters. The van der Waals surface area contributed by atoms with Gasteiger partial charge in [-0.3, -0.25) is 4.99 Å². The maximum Gasteiger partial charge on any atom is 0.420 e. The van der Waals surface area contributed by atoms with Crippen LogP contribution < -0.4 is 10.6 Å². The number of guanidine groups is 1. The second kappa shape index (κ2) is 10.1. The van der Waals surface area contributed by atoms with Crippen molar-refractivity contribution in [2.24, 2.45) is 4.99 Å². The molecule has 0 aliphatic heterocycles. The molecule has 1 aromatic rings. The third-order valence-corrected chi connectivity index (χ3v) is 3.33. The fourth-order valence-corrected chi connectivity index (χ4v) is 2.25. The second-order valence-electron chi connectivity index (χ2n) is 8.47. The van der Waals surface area contributed by atoms with Gasteiger partial charge in [0, 0.05) is 19.3 Å². The maximum absolute atomic E-state index is 12.6.